The summed E-state index contributed by atoms with van der Waals surface area (Å²) >= 11 is 0. The molecule has 0 radical (unpaired) electrons. The van der Waals surface area contributed by atoms with Gasteiger partial charge < -0.3 is 14.6 Å². The van der Waals surface area contributed by atoms with Crippen molar-refractivity contribution in [2.45, 2.75) is 38.4 Å². The summed E-state index contributed by atoms with van der Waals surface area (Å²) in [6, 6.07) is 20.5. The maximum Gasteiger partial charge on any atom is 0.137 e. The number of aryl methyl sites for hydroxylation is 1. The number of pyridine rings is 1. The molecule has 0 atom stereocenters. The van der Waals surface area contributed by atoms with E-state index in [0.717, 1.165) is 16.6 Å². The lowest BCUT2D eigenvalue weighted by Crippen LogP contribution is -2.73. The molecule has 4 rings (SSSR count). The van der Waals surface area contributed by atoms with Crippen LogP contribution in [-0.4, -0.2) is 31.1 Å². The Labute approximate surface area is 189 Å². The second-order valence-electron chi connectivity index (χ2n) is 7.80. The van der Waals surface area contributed by atoms with Crippen molar-refractivity contribution in [1.82, 2.24) is 4.98 Å². The molecule has 2 N–H and O–H groups in total. The third-order valence-corrected chi connectivity index (χ3v) is 5.86. The fraction of sp³-hybridized carbons (Fsp3) is 0.240. The molecule has 0 saturated heterocycles. The minimum Gasteiger partial charge on any atom is -0.744 e. The van der Waals surface area contributed by atoms with Crippen molar-refractivity contribution in [2.75, 3.05) is 7.05 Å². The topological polar surface area (TPSA) is 95.9 Å². The molecule has 0 aliphatic heterocycles. The second-order valence-corrected chi connectivity index (χ2v) is 9.18. The largest absolute Gasteiger partial charge is 0.744 e. The first-order valence-corrected chi connectivity index (χ1v) is 11.8. The molecular formula is C25H28N2O4S. The molecule has 168 valence electrons. The van der Waals surface area contributed by atoms with E-state index >= 15 is 0 Å². The number of rotatable bonds is 5. The molecule has 0 aliphatic carbocycles. The summed E-state index contributed by atoms with van der Waals surface area (Å²) in [5, 5.41) is 4.46. The highest BCUT2D eigenvalue weighted by Crippen LogP contribution is 2.26. The van der Waals surface area contributed by atoms with Gasteiger partial charge in [0.25, 0.3) is 0 Å². The lowest BCUT2D eigenvalue weighted by atomic mass is 10.1. The normalized spacial score (nSPS) is 11.6. The third-order valence-electron chi connectivity index (χ3n) is 5.01. The van der Waals surface area contributed by atoms with Crippen LogP contribution in [-0.2, 0) is 21.5 Å². The van der Waals surface area contributed by atoms with Gasteiger partial charge in [-0.25, -0.2) is 13.4 Å². The molecule has 0 aliphatic rings. The van der Waals surface area contributed by atoms with Crippen LogP contribution in [0.3, 0.4) is 0 Å². The van der Waals surface area contributed by atoms with Crippen LogP contribution in [0.15, 0.2) is 71.6 Å². The number of hydrogen-bond donors (Lipinski definition) is 1. The van der Waals surface area contributed by atoms with Gasteiger partial charge in [-0.2, -0.15) is 0 Å². The fourth-order valence-corrected chi connectivity index (χ4v) is 3.76. The molecule has 0 bridgehead atoms. The summed E-state index contributed by atoms with van der Waals surface area (Å²) in [5.74, 6) is 0. The number of fused-ring (bicyclic) bond motifs is 2. The van der Waals surface area contributed by atoms with E-state index in [4.69, 9.17) is 9.72 Å². The molecule has 7 heteroatoms. The van der Waals surface area contributed by atoms with E-state index in [0.29, 0.717) is 6.61 Å². The van der Waals surface area contributed by atoms with Crippen LogP contribution >= 0.6 is 0 Å². The SMILES string of the molecule is C[NH2+]c1ccc2cc3ccccc3nc2c1COC(C)C.Cc1ccc(S(=O)(=O)[O-])cc1. The average Bonchev–Trinajstić information content (AvgIpc) is 2.76. The molecular weight excluding hydrogens is 424 g/mol. The Morgan fingerprint density at radius 3 is 2.31 bits per heavy atom. The first-order chi connectivity index (χ1) is 15.2. The Kier molecular flexibility index (Phi) is 7.58. The van der Waals surface area contributed by atoms with Gasteiger partial charge in [0.15, 0.2) is 0 Å². The number of nitrogens with two attached hydrogens (primary N) is 1. The van der Waals surface area contributed by atoms with Crippen LogP contribution in [0, 0.1) is 6.92 Å². The molecule has 1 heterocycles. The highest BCUT2D eigenvalue weighted by Gasteiger charge is 2.13. The molecule has 0 fully saturated rings. The lowest BCUT2D eigenvalue weighted by molar-refractivity contribution is -0.540. The van der Waals surface area contributed by atoms with Gasteiger partial charge in [-0.1, -0.05) is 35.9 Å². The first kappa shape index (κ1) is 23.8. The van der Waals surface area contributed by atoms with Gasteiger partial charge in [0.05, 0.1) is 41.3 Å². The molecule has 0 amide bonds. The summed E-state index contributed by atoms with van der Waals surface area (Å²) in [5.41, 5.74) is 5.38. The number of hydrogen-bond acceptors (Lipinski definition) is 5. The molecule has 0 spiro atoms. The van der Waals surface area contributed by atoms with Crippen molar-refractivity contribution in [2.24, 2.45) is 0 Å². The van der Waals surface area contributed by atoms with Crippen LogP contribution in [0.25, 0.3) is 21.8 Å². The van der Waals surface area contributed by atoms with Gasteiger partial charge in [-0.05, 0) is 51.1 Å². The van der Waals surface area contributed by atoms with E-state index in [1.807, 2.05) is 19.1 Å². The standard InChI is InChI=1S/C18H20N2O.C7H8O3S/c1-12(2)21-11-15-17(19-3)9-8-14-10-13-6-4-5-7-16(13)20-18(14)15;1-6-2-4-7(5-3-6)11(8,9)10/h4-10,12,19H,11H2,1-3H3;2-5H,1H3,(H,8,9,10). The zero-order chi connectivity index (χ0) is 23.3. The van der Waals surface area contributed by atoms with Crippen molar-refractivity contribution in [3.05, 3.63) is 77.9 Å². The Bertz CT molecular complexity index is 1320. The van der Waals surface area contributed by atoms with E-state index in [-0.39, 0.29) is 11.0 Å². The van der Waals surface area contributed by atoms with E-state index in [2.05, 4.69) is 56.5 Å². The number of aromatic nitrogens is 1. The van der Waals surface area contributed by atoms with Crippen molar-refractivity contribution in [3.8, 4) is 0 Å². The Hall–Kier alpha value is -2.84. The van der Waals surface area contributed by atoms with Gasteiger partial charge in [0.2, 0.25) is 0 Å². The zero-order valence-electron chi connectivity index (χ0n) is 18.7. The van der Waals surface area contributed by atoms with E-state index in [1.54, 1.807) is 12.1 Å². The van der Waals surface area contributed by atoms with Gasteiger partial charge >= 0.3 is 0 Å². The van der Waals surface area contributed by atoms with Gasteiger partial charge in [-0.15, -0.1) is 0 Å². The Morgan fingerprint density at radius 1 is 1.00 bits per heavy atom. The summed E-state index contributed by atoms with van der Waals surface area (Å²) in [7, 11) is -2.21. The number of para-hydroxylation sites is 1. The maximum atomic E-state index is 10.4. The summed E-state index contributed by atoms with van der Waals surface area (Å²) < 4.78 is 37.0. The van der Waals surface area contributed by atoms with Crippen molar-refractivity contribution in [3.63, 3.8) is 0 Å². The highest BCUT2D eigenvalue weighted by atomic mass is 32.2. The highest BCUT2D eigenvalue weighted by molar-refractivity contribution is 7.85. The Morgan fingerprint density at radius 2 is 1.69 bits per heavy atom. The van der Waals surface area contributed by atoms with Crippen LogP contribution in [0.1, 0.15) is 25.0 Å². The summed E-state index contributed by atoms with van der Waals surface area (Å²) in [6.45, 7) is 6.54. The third kappa shape index (κ3) is 5.89. The fourth-order valence-electron chi connectivity index (χ4n) is 3.30. The van der Waals surface area contributed by atoms with Crippen LogP contribution in [0.5, 0.6) is 0 Å². The van der Waals surface area contributed by atoms with Crippen LogP contribution in [0.2, 0.25) is 0 Å². The predicted octanol–water partition coefficient (Wildman–Crippen LogP) is 4.04. The first-order valence-electron chi connectivity index (χ1n) is 10.4. The van der Waals surface area contributed by atoms with E-state index in [9.17, 15) is 13.0 Å². The Balaban J connectivity index is 0.000000222. The average molecular weight is 453 g/mol. The van der Waals surface area contributed by atoms with Gasteiger partial charge in [-0.3, -0.25) is 0 Å². The monoisotopic (exact) mass is 452 g/mol. The minimum atomic E-state index is -4.27. The minimum absolute atomic E-state index is 0.178. The van der Waals surface area contributed by atoms with Gasteiger partial charge in [0, 0.05) is 16.8 Å². The molecule has 1 aromatic heterocycles. The summed E-state index contributed by atoms with van der Waals surface area (Å²) in [6.07, 6.45) is 0.213. The molecule has 32 heavy (non-hydrogen) atoms. The van der Waals surface area contributed by atoms with Crippen molar-refractivity contribution in [1.29, 1.82) is 0 Å². The van der Waals surface area contributed by atoms with E-state index in [1.165, 1.54) is 34.2 Å². The quantitative estimate of drug-likeness (QED) is 0.280. The second kappa shape index (κ2) is 10.2. The van der Waals surface area contributed by atoms with Gasteiger partial charge in [0.1, 0.15) is 15.8 Å². The number of benzene rings is 3. The zero-order valence-corrected chi connectivity index (χ0v) is 19.5. The van der Waals surface area contributed by atoms with Crippen LogP contribution in [0.4, 0.5) is 5.69 Å². The maximum absolute atomic E-state index is 10.4. The number of ether oxygens (including phenoxy) is 1. The number of quaternary nitrogens is 1. The molecule has 0 saturated carbocycles. The van der Waals surface area contributed by atoms with Crippen molar-refractivity contribution < 1.29 is 23.0 Å². The lowest BCUT2D eigenvalue weighted by Gasteiger charge is -2.12. The molecule has 3 aromatic carbocycles. The molecule has 0 unspecified atom stereocenters. The summed E-state index contributed by atoms with van der Waals surface area (Å²) in [4.78, 5) is 4.69. The van der Waals surface area contributed by atoms with Crippen LogP contribution < -0.4 is 5.32 Å². The number of nitrogens with zero attached hydrogens (tertiary/aromatic N) is 1. The molecule has 6 nitrogen and oxygen atoms in total. The van der Waals surface area contributed by atoms with E-state index < -0.39 is 10.1 Å². The smallest absolute Gasteiger partial charge is 0.137 e. The van der Waals surface area contributed by atoms with Crippen molar-refractivity contribution >= 4 is 37.6 Å². The molecule has 4 aromatic rings. The predicted molar refractivity (Wildman–Crippen MR) is 126 cm³/mol.